The number of carbonyl (C=O) groups is 2. The van der Waals surface area contributed by atoms with Crippen LogP contribution in [0.4, 0.5) is 4.79 Å². The van der Waals surface area contributed by atoms with Crippen LogP contribution in [0.5, 0.6) is 5.75 Å². The largest absolute Gasteiger partial charge is 0.508 e. The summed E-state index contributed by atoms with van der Waals surface area (Å²) in [5.74, 6) is 0.328. The van der Waals surface area contributed by atoms with E-state index in [4.69, 9.17) is 0 Å². The second kappa shape index (κ2) is 9.59. The SMILES string of the molecule is CC[C@@]1(C2CCN(Cc3c(O)ccc4ccccc34)CC2)NC(=O)N(CCc2scnc2C)C1=O. The number of carbonyl (C=O) groups excluding carboxylic acids is 2. The molecule has 2 aliphatic heterocycles. The second-order valence-electron chi connectivity index (χ2n) is 9.66. The number of phenolic OH excluding ortho intramolecular Hbond substituents is 1. The fraction of sp³-hybridized carbons (Fsp3) is 0.444. The molecule has 0 unspecified atom stereocenters. The summed E-state index contributed by atoms with van der Waals surface area (Å²) >= 11 is 1.57. The molecule has 2 aliphatic rings. The van der Waals surface area contributed by atoms with E-state index in [0.29, 0.717) is 31.7 Å². The monoisotopic (exact) mass is 492 g/mol. The van der Waals surface area contributed by atoms with Crippen LogP contribution in [0.1, 0.15) is 42.3 Å². The van der Waals surface area contributed by atoms with Crippen LogP contribution < -0.4 is 5.32 Å². The first kappa shape index (κ1) is 23.8. The summed E-state index contributed by atoms with van der Waals surface area (Å²) in [6, 6.07) is 11.6. The molecule has 0 bridgehead atoms. The number of amides is 3. The first-order valence-corrected chi connectivity index (χ1v) is 13.3. The Morgan fingerprint density at radius 1 is 1.17 bits per heavy atom. The van der Waals surface area contributed by atoms with Gasteiger partial charge >= 0.3 is 6.03 Å². The standard InChI is InChI=1S/C27H32N4O3S/c1-3-27(25(33)31(26(34)29-27)15-12-24-18(2)28-17-35-24)20-10-13-30(14-11-20)16-22-21-7-5-4-6-19(21)8-9-23(22)32/h4-9,17,20,32H,3,10-16H2,1-2H3,(H,29,34)/t27-/m0/s1. The van der Waals surface area contributed by atoms with Crippen molar-refractivity contribution in [3.8, 4) is 5.75 Å². The van der Waals surface area contributed by atoms with Gasteiger partial charge in [-0.25, -0.2) is 9.78 Å². The predicted octanol–water partition coefficient (Wildman–Crippen LogP) is 4.47. The lowest BCUT2D eigenvalue weighted by Crippen LogP contribution is -2.55. The third-order valence-electron chi connectivity index (χ3n) is 7.85. The van der Waals surface area contributed by atoms with Gasteiger partial charge < -0.3 is 10.4 Å². The Morgan fingerprint density at radius 3 is 2.66 bits per heavy atom. The summed E-state index contributed by atoms with van der Waals surface area (Å²) in [6.45, 7) is 6.64. The number of hydrogen-bond donors (Lipinski definition) is 2. The van der Waals surface area contributed by atoms with Crippen molar-refractivity contribution in [1.82, 2.24) is 20.1 Å². The van der Waals surface area contributed by atoms with E-state index in [1.54, 1.807) is 22.9 Å². The molecule has 1 aromatic heterocycles. The van der Waals surface area contributed by atoms with Gasteiger partial charge in [0.25, 0.3) is 5.91 Å². The molecule has 0 saturated carbocycles. The van der Waals surface area contributed by atoms with E-state index in [0.717, 1.165) is 52.8 Å². The molecule has 0 radical (unpaired) electrons. The molecule has 3 amide bonds. The topological polar surface area (TPSA) is 85.8 Å². The van der Waals surface area contributed by atoms with Crippen molar-refractivity contribution in [1.29, 1.82) is 0 Å². The Morgan fingerprint density at radius 2 is 1.94 bits per heavy atom. The number of nitrogens with one attached hydrogen (secondary N) is 1. The molecule has 2 N–H and O–H groups in total. The minimum Gasteiger partial charge on any atom is -0.508 e. The Kier molecular flexibility index (Phi) is 6.51. The highest BCUT2D eigenvalue weighted by Crippen LogP contribution is 2.37. The minimum absolute atomic E-state index is 0.0858. The quantitative estimate of drug-likeness (QED) is 0.476. The molecule has 5 rings (SSSR count). The first-order valence-electron chi connectivity index (χ1n) is 12.4. The molecule has 2 saturated heterocycles. The Balaban J connectivity index is 1.26. The van der Waals surface area contributed by atoms with Crippen molar-refractivity contribution < 1.29 is 14.7 Å². The summed E-state index contributed by atoms with van der Waals surface area (Å²) in [5.41, 5.74) is 2.89. The van der Waals surface area contributed by atoms with Gasteiger partial charge in [-0.2, -0.15) is 0 Å². The van der Waals surface area contributed by atoms with Gasteiger partial charge in [-0.1, -0.05) is 37.3 Å². The smallest absolute Gasteiger partial charge is 0.325 e. The number of imide groups is 1. The van der Waals surface area contributed by atoms with Crippen LogP contribution in [-0.4, -0.2) is 57.0 Å². The van der Waals surface area contributed by atoms with Crippen molar-refractivity contribution >= 4 is 34.0 Å². The van der Waals surface area contributed by atoms with Crippen LogP contribution in [0.15, 0.2) is 41.9 Å². The van der Waals surface area contributed by atoms with Gasteiger partial charge in [0.1, 0.15) is 11.3 Å². The molecule has 1 atom stereocenters. The molecule has 35 heavy (non-hydrogen) atoms. The summed E-state index contributed by atoms with van der Waals surface area (Å²) < 4.78 is 0. The maximum atomic E-state index is 13.6. The molecule has 7 nitrogen and oxygen atoms in total. The lowest BCUT2D eigenvalue weighted by molar-refractivity contribution is -0.134. The van der Waals surface area contributed by atoms with Gasteiger partial charge in [0.05, 0.1) is 11.2 Å². The van der Waals surface area contributed by atoms with E-state index in [1.807, 2.05) is 32.0 Å². The summed E-state index contributed by atoms with van der Waals surface area (Å²) in [5, 5.41) is 15.8. The number of aromatic hydroxyl groups is 1. The average molecular weight is 493 g/mol. The molecule has 0 spiro atoms. The normalized spacial score (nSPS) is 21.7. The number of rotatable bonds is 7. The van der Waals surface area contributed by atoms with Gasteiger partial charge in [0, 0.05) is 30.0 Å². The highest BCUT2D eigenvalue weighted by Gasteiger charge is 2.54. The molecule has 0 aliphatic carbocycles. The molecule has 8 heteroatoms. The third-order valence-corrected chi connectivity index (χ3v) is 8.84. The fourth-order valence-corrected chi connectivity index (χ4v) is 6.50. The van der Waals surface area contributed by atoms with Crippen molar-refractivity contribution in [2.75, 3.05) is 19.6 Å². The number of hydrogen-bond acceptors (Lipinski definition) is 6. The van der Waals surface area contributed by atoms with Crippen LogP contribution in [-0.2, 0) is 17.8 Å². The summed E-state index contributed by atoms with van der Waals surface area (Å²) in [4.78, 5) is 35.6. The zero-order valence-electron chi connectivity index (χ0n) is 20.3. The van der Waals surface area contributed by atoms with Crippen LogP contribution in [0, 0.1) is 12.8 Å². The number of thiazole rings is 1. The van der Waals surface area contributed by atoms with E-state index in [9.17, 15) is 14.7 Å². The van der Waals surface area contributed by atoms with Gasteiger partial charge in [0.2, 0.25) is 0 Å². The molecule has 3 heterocycles. The molecule has 2 aromatic carbocycles. The Labute approximate surface area is 209 Å². The van der Waals surface area contributed by atoms with Crippen LogP contribution >= 0.6 is 11.3 Å². The van der Waals surface area contributed by atoms with Gasteiger partial charge in [-0.05, 0) is 62.0 Å². The molecule has 2 fully saturated rings. The second-order valence-corrected chi connectivity index (χ2v) is 10.6. The summed E-state index contributed by atoms with van der Waals surface area (Å²) in [7, 11) is 0. The van der Waals surface area contributed by atoms with Crippen LogP contribution in [0.25, 0.3) is 10.8 Å². The van der Waals surface area contributed by atoms with Crippen LogP contribution in [0.3, 0.4) is 0 Å². The number of aryl methyl sites for hydroxylation is 1. The van der Waals surface area contributed by atoms with E-state index < -0.39 is 5.54 Å². The Bertz CT molecular complexity index is 1250. The van der Waals surface area contributed by atoms with E-state index in [-0.39, 0.29) is 17.9 Å². The number of phenols is 1. The number of piperidine rings is 1. The number of aromatic nitrogens is 1. The molecular formula is C27H32N4O3S. The van der Waals surface area contributed by atoms with E-state index in [1.165, 1.54) is 4.90 Å². The van der Waals surface area contributed by atoms with Crippen molar-refractivity contribution in [3.63, 3.8) is 0 Å². The molecular weight excluding hydrogens is 460 g/mol. The van der Waals surface area contributed by atoms with Gasteiger partial charge in [-0.15, -0.1) is 11.3 Å². The highest BCUT2D eigenvalue weighted by molar-refractivity contribution is 7.09. The van der Waals surface area contributed by atoms with Gasteiger partial charge in [-0.3, -0.25) is 14.6 Å². The van der Waals surface area contributed by atoms with Gasteiger partial charge in [0.15, 0.2) is 0 Å². The zero-order valence-corrected chi connectivity index (χ0v) is 21.1. The number of benzene rings is 2. The maximum absolute atomic E-state index is 13.6. The fourth-order valence-electron chi connectivity index (χ4n) is 5.73. The summed E-state index contributed by atoms with van der Waals surface area (Å²) in [6.07, 6.45) is 2.88. The average Bonchev–Trinajstić information content (AvgIpc) is 3.39. The number of fused-ring (bicyclic) bond motifs is 1. The number of nitrogens with zero attached hydrogens (tertiary/aromatic N) is 3. The van der Waals surface area contributed by atoms with Crippen molar-refractivity contribution in [2.45, 2.75) is 51.6 Å². The lowest BCUT2D eigenvalue weighted by Gasteiger charge is -2.40. The lowest BCUT2D eigenvalue weighted by atomic mass is 9.75. The molecule has 3 aromatic rings. The van der Waals surface area contributed by atoms with Crippen LogP contribution in [0.2, 0.25) is 0 Å². The third kappa shape index (κ3) is 4.29. The number of urea groups is 1. The van der Waals surface area contributed by atoms with Crippen molar-refractivity contribution in [2.24, 2.45) is 5.92 Å². The molecule has 184 valence electrons. The Hall–Kier alpha value is -2.97. The first-order chi connectivity index (χ1) is 16.9. The highest BCUT2D eigenvalue weighted by atomic mass is 32.1. The maximum Gasteiger partial charge on any atom is 0.325 e. The predicted molar refractivity (Wildman–Crippen MR) is 137 cm³/mol. The zero-order chi connectivity index (χ0) is 24.6. The van der Waals surface area contributed by atoms with Crippen molar-refractivity contribution in [3.05, 3.63) is 58.0 Å². The number of likely N-dealkylation sites (tertiary alicyclic amines) is 1. The minimum atomic E-state index is -0.826. The van der Waals surface area contributed by atoms with E-state index in [2.05, 4.69) is 27.3 Å². The van der Waals surface area contributed by atoms with E-state index >= 15 is 0 Å².